The maximum atomic E-state index is 11.9. The van der Waals surface area contributed by atoms with Crippen molar-refractivity contribution in [2.24, 2.45) is 0 Å². The van der Waals surface area contributed by atoms with Crippen molar-refractivity contribution in [1.82, 2.24) is 10.9 Å². The van der Waals surface area contributed by atoms with Gasteiger partial charge in [0.25, 0.3) is 5.91 Å². The second-order valence-electron chi connectivity index (χ2n) is 6.04. The van der Waals surface area contributed by atoms with E-state index >= 15 is 0 Å². The van der Waals surface area contributed by atoms with Gasteiger partial charge in [0.15, 0.2) is 0 Å². The summed E-state index contributed by atoms with van der Waals surface area (Å²) in [7, 11) is 1.53. The molecule has 28 heavy (non-hydrogen) atoms. The van der Waals surface area contributed by atoms with Crippen molar-refractivity contribution < 1.29 is 23.9 Å². The number of hydrazine groups is 1. The Labute approximate surface area is 164 Å². The Morgan fingerprint density at radius 2 is 1.61 bits per heavy atom. The number of hydrogen-bond acceptors (Lipinski definition) is 5. The molecule has 0 heterocycles. The third-order valence-electron chi connectivity index (χ3n) is 3.94. The predicted molar refractivity (Wildman–Crippen MR) is 104 cm³/mol. The van der Waals surface area contributed by atoms with Gasteiger partial charge in [-0.25, -0.2) is 0 Å². The summed E-state index contributed by atoms with van der Waals surface area (Å²) in [4.78, 5) is 35.3. The van der Waals surface area contributed by atoms with Gasteiger partial charge in [0, 0.05) is 12.0 Å². The van der Waals surface area contributed by atoms with Gasteiger partial charge in [0.05, 0.1) is 20.1 Å². The van der Waals surface area contributed by atoms with E-state index in [2.05, 4.69) is 10.9 Å². The van der Waals surface area contributed by atoms with Crippen LogP contribution in [0, 0.1) is 0 Å². The second kappa shape index (κ2) is 11.4. The Morgan fingerprint density at radius 1 is 0.893 bits per heavy atom. The Bertz CT molecular complexity index is 775. The number of hydrogen-bond donors (Lipinski definition) is 2. The van der Waals surface area contributed by atoms with Gasteiger partial charge in [-0.05, 0) is 42.7 Å². The molecule has 0 spiro atoms. The Morgan fingerprint density at radius 3 is 2.29 bits per heavy atom. The maximum absolute atomic E-state index is 11.9. The predicted octanol–water partition coefficient (Wildman–Crippen LogP) is 2.41. The van der Waals surface area contributed by atoms with Gasteiger partial charge in [-0.2, -0.15) is 0 Å². The number of methoxy groups -OCH3 is 1. The third kappa shape index (κ3) is 7.49. The Kier molecular flexibility index (Phi) is 8.52. The van der Waals surface area contributed by atoms with Crippen LogP contribution in [0.1, 0.15) is 35.2 Å². The highest BCUT2D eigenvalue weighted by molar-refractivity contribution is 5.95. The van der Waals surface area contributed by atoms with Crippen LogP contribution in [0.2, 0.25) is 0 Å². The minimum absolute atomic E-state index is 0.0461. The molecular weight excluding hydrogens is 360 g/mol. The van der Waals surface area contributed by atoms with Gasteiger partial charge in [0.1, 0.15) is 5.75 Å². The van der Waals surface area contributed by atoms with Crippen LogP contribution in [0.25, 0.3) is 0 Å². The van der Waals surface area contributed by atoms with Crippen LogP contribution in [0.4, 0.5) is 0 Å². The molecule has 0 aliphatic rings. The summed E-state index contributed by atoms with van der Waals surface area (Å²) in [6.07, 6.45) is 1.43. The molecule has 2 rings (SSSR count). The SMILES string of the molecule is COc1ccc(C(=O)NNC(=O)CCC(=O)OCCCc2ccccc2)cc1. The molecule has 0 saturated heterocycles. The number of carbonyl (C=O) groups is 3. The lowest BCUT2D eigenvalue weighted by Gasteiger charge is -2.08. The lowest BCUT2D eigenvalue weighted by Crippen LogP contribution is -2.41. The summed E-state index contributed by atoms with van der Waals surface area (Å²) in [5, 5.41) is 0. The number of esters is 1. The van der Waals surface area contributed by atoms with Crippen LogP contribution in [0.5, 0.6) is 5.75 Å². The maximum Gasteiger partial charge on any atom is 0.306 e. The molecule has 0 aliphatic heterocycles. The van der Waals surface area contributed by atoms with Crippen molar-refractivity contribution in [3.8, 4) is 5.75 Å². The summed E-state index contributed by atoms with van der Waals surface area (Å²) in [6.45, 7) is 0.309. The van der Waals surface area contributed by atoms with E-state index in [1.807, 2.05) is 30.3 Å². The number of amides is 2. The molecule has 0 fully saturated rings. The molecule has 2 aromatic carbocycles. The smallest absolute Gasteiger partial charge is 0.306 e. The van der Waals surface area contributed by atoms with E-state index in [1.54, 1.807) is 24.3 Å². The highest BCUT2D eigenvalue weighted by atomic mass is 16.5. The monoisotopic (exact) mass is 384 g/mol. The average Bonchev–Trinajstić information content (AvgIpc) is 2.74. The molecule has 0 radical (unpaired) electrons. The van der Waals surface area contributed by atoms with Crippen molar-refractivity contribution in [3.05, 3.63) is 65.7 Å². The first kappa shape index (κ1) is 21.0. The summed E-state index contributed by atoms with van der Waals surface area (Å²) in [6, 6.07) is 16.4. The van der Waals surface area contributed by atoms with Crippen LogP contribution in [0.3, 0.4) is 0 Å². The van der Waals surface area contributed by atoms with Crippen molar-refractivity contribution in [2.75, 3.05) is 13.7 Å². The van der Waals surface area contributed by atoms with E-state index < -0.39 is 17.8 Å². The number of carbonyl (C=O) groups excluding carboxylic acids is 3. The molecule has 0 unspecified atom stereocenters. The average molecular weight is 384 g/mol. The summed E-state index contributed by atoms with van der Waals surface area (Å²) < 4.78 is 10.1. The minimum Gasteiger partial charge on any atom is -0.497 e. The number of ether oxygens (including phenoxy) is 2. The molecule has 7 heteroatoms. The highest BCUT2D eigenvalue weighted by Crippen LogP contribution is 2.10. The van der Waals surface area contributed by atoms with E-state index in [1.165, 1.54) is 12.7 Å². The first-order chi connectivity index (χ1) is 13.6. The largest absolute Gasteiger partial charge is 0.497 e. The number of benzene rings is 2. The highest BCUT2D eigenvalue weighted by Gasteiger charge is 2.10. The summed E-state index contributed by atoms with van der Waals surface area (Å²) in [5.41, 5.74) is 6.13. The summed E-state index contributed by atoms with van der Waals surface area (Å²) >= 11 is 0. The molecule has 0 aliphatic carbocycles. The fraction of sp³-hybridized carbons (Fsp3) is 0.286. The van der Waals surface area contributed by atoms with Crippen LogP contribution in [-0.2, 0) is 20.7 Å². The van der Waals surface area contributed by atoms with Crippen molar-refractivity contribution >= 4 is 17.8 Å². The number of rotatable bonds is 9. The molecule has 2 N–H and O–H groups in total. The lowest BCUT2D eigenvalue weighted by molar-refractivity contribution is -0.145. The quantitative estimate of drug-likeness (QED) is 0.393. The standard InChI is InChI=1S/C21H24N2O5/c1-27-18-11-9-17(10-12-18)21(26)23-22-19(24)13-14-20(25)28-15-5-8-16-6-3-2-4-7-16/h2-4,6-7,9-12H,5,8,13-15H2,1H3,(H,22,24)(H,23,26). The first-order valence-corrected chi connectivity index (χ1v) is 9.01. The van der Waals surface area contributed by atoms with Crippen LogP contribution in [0.15, 0.2) is 54.6 Å². The van der Waals surface area contributed by atoms with Gasteiger partial charge in [-0.3, -0.25) is 25.2 Å². The van der Waals surface area contributed by atoms with E-state index in [0.717, 1.165) is 12.8 Å². The van der Waals surface area contributed by atoms with Crippen LogP contribution >= 0.6 is 0 Å². The fourth-order valence-corrected chi connectivity index (χ4v) is 2.40. The Balaban J connectivity index is 1.58. The van der Waals surface area contributed by atoms with Gasteiger partial charge in [-0.15, -0.1) is 0 Å². The zero-order chi connectivity index (χ0) is 20.2. The molecule has 0 bridgehead atoms. The number of nitrogens with one attached hydrogen (secondary N) is 2. The van der Waals surface area contributed by atoms with Crippen molar-refractivity contribution in [3.63, 3.8) is 0 Å². The molecule has 0 aromatic heterocycles. The molecule has 7 nitrogen and oxygen atoms in total. The third-order valence-corrected chi connectivity index (χ3v) is 3.94. The van der Waals surface area contributed by atoms with Gasteiger partial charge >= 0.3 is 5.97 Å². The van der Waals surface area contributed by atoms with E-state index in [0.29, 0.717) is 17.9 Å². The van der Waals surface area contributed by atoms with Gasteiger partial charge < -0.3 is 9.47 Å². The zero-order valence-corrected chi connectivity index (χ0v) is 15.8. The molecular formula is C21H24N2O5. The first-order valence-electron chi connectivity index (χ1n) is 9.01. The Hall–Kier alpha value is -3.35. The van der Waals surface area contributed by atoms with Crippen LogP contribution < -0.4 is 15.6 Å². The van der Waals surface area contributed by atoms with Crippen molar-refractivity contribution in [2.45, 2.75) is 25.7 Å². The second-order valence-corrected chi connectivity index (χ2v) is 6.04. The fourth-order valence-electron chi connectivity index (χ4n) is 2.40. The molecule has 148 valence electrons. The van der Waals surface area contributed by atoms with Crippen LogP contribution in [-0.4, -0.2) is 31.5 Å². The zero-order valence-electron chi connectivity index (χ0n) is 15.8. The van der Waals surface area contributed by atoms with Gasteiger partial charge in [-0.1, -0.05) is 30.3 Å². The van der Waals surface area contributed by atoms with E-state index in [9.17, 15) is 14.4 Å². The normalized spacial score (nSPS) is 10.0. The molecule has 2 amide bonds. The van der Waals surface area contributed by atoms with Gasteiger partial charge in [0.2, 0.25) is 5.91 Å². The number of aryl methyl sites for hydroxylation is 1. The van der Waals surface area contributed by atoms with E-state index in [-0.39, 0.29) is 12.8 Å². The molecule has 2 aromatic rings. The van der Waals surface area contributed by atoms with E-state index in [4.69, 9.17) is 9.47 Å². The molecule has 0 atom stereocenters. The lowest BCUT2D eigenvalue weighted by atomic mass is 10.1. The summed E-state index contributed by atoms with van der Waals surface area (Å²) in [5.74, 6) is -0.741. The topological polar surface area (TPSA) is 93.7 Å². The minimum atomic E-state index is -0.469. The molecule has 0 saturated carbocycles. The van der Waals surface area contributed by atoms with Crippen molar-refractivity contribution in [1.29, 1.82) is 0 Å².